The van der Waals surface area contributed by atoms with Gasteiger partial charge in [0, 0.05) is 24.3 Å². The number of rotatable bonds is 0. The van der Waals surface area contributed by atoms with E-state index >= 15 is 0 Å². The lowest BCUT2D eigenvalue weighted by Gasteiger charge is -2.32. The molecule has 1 aliphatic carbocycles. The number of pyridine rings is 1. The largest absolute Gasteiger partial charge is 0.503 e. The SMILES string of the molecule is O=C1NCC/C=C/Cc2cnc3c(ccn3C3(CCCC3)Cn3cc(O)c(=O)c1n3)c2. The highest BCUT2D eigenvalue weighted by molar-refractivity contribution is 5.92. The van der Waals surface area contributed by atoms with Gasteiger partial charge in [0.15, 0.2) is 11.4 Å². The predicted molar refractivity (Wildman–Crippen MR) is 116 cm³/mol. The normalized spacial score (nSPS) is 19.7. The van der Waals surface area contributed by atoms with E-state index in [-0.39, 0.29) is 11.2 Å². The second kappa shape index (κ2) is 7.68. The van der Waals surface area contributed by atoms with Gasteiger partial charge in [0.05, 0.1) is 18.3 Å². The fourth-order valence-electron chi connectivity index (χ4n) is 4.82. The zero-order valence-electron chi connectivity index (χ0n) is 17.3. The molecule has 1 spiro atoms. The number of hydrogen-bond acceptors (Lipinski definition) is 5. The highest BCUT2D eigenvalue weighted by atomic mass is 16.3. The van der Waals surface area contributed by atoms with Crippen LogP contribution in [0.4, 0.5) is 0 Å². The summed E-state index contributed by atoms with van der Waals surface area (Å²) in [5.74, 6) is -1.03. The van der Waals surface area contributed by atoms with E-state index in [1.54, 1.807) is 0 Å². The highest BCUT2D eigenvalue weighted by Gasteiger charge is 2.37. The minimum absolute atomic E-state index is 0.277. The first kappa shape index (κ1) is 19.5. The zero-order valence-corrected chi connectivity index (χ0v) is 17.3. The van der Waals surface area contributed by atoms with Gasteiger partial charge in [0.1, 0.15) is 5.65 Å². The van der Waals surface area contributed by atoms with E-state index in [4.69, 9.17) is 4.98 Å². The third-order valence-electron chi connectivity index (χ3n) is 6.36. The van der Waals surface area contributed by atoms with Gasteiger partial charge in [-0.1, -0.05) is 25.0 Å². The molecule has 1 saturated carbocycles. The maximum Gasteiger partial charge on any atom is 0.275 e. The number of hydrogen-bond donors (Lipinski definition) is 2. The van der Waals surface area contributed by atoms with Gasteiger partial charge in [-0.15, -0.1) is 0 Å². The van der Waals surface area contributed by atoms with Crippen LogP contribution in [0.2, 0.25) is 0 Å². The highest BCUT2D eigenvalue weighted by Crippen LogP contribution is 2.40. The zero-order chi connectivity index (χ0) is 21.4. The molecule has 0 saturated heterocycles. The van der Waals surface area contributed by atoms with Crippen LogP contribution < -0.4 is 10.7 Å². The van der Waals surface area contributed by atoms with Crippen LogP contribution in [-0.4, -0.2) is 36.9 Å². The van der Waals surface area contributed by atoms with Gasteiger partial charge in [0.25, 0.3) is 11.3 Å². The predicted octanol–water partition coefficient (Wildman–Crippen LogP) is 2.50. The summed E-state index contributed by atoms with van der Waals surface area (Å²) in [4.78, 5) is 29.7. The van der Waals surface area contributed by atoms with Crippen molar-refractivity contribution in [2.24, 2.45) is 0 Å². The Hall–Kier alpha value is -3.42. The lowest BCUT2D eigenvalue weighted by atomic mass is 9.97. The Morgan fingerprint density at radius 1 is 1.16 bits per heavy atom. The Labute approximate surface area is 179 Å². The van der Waals surface area contributed by atoms with E-state index in [9.17, 15) is 14.7 Å². The van der Waals surface area contributed by atoms with E-state index in [0.717, 1.165) is 48.7 Å². The third kappa shape index (κ3) is 3.52. The van der Waals surface area contributed by atoms with Crippen molar-refractivity contribution in [3.05, 3.63) is 64.4 Å². The molecule has 160 valence electrons. The second-order valence-corrected chi connectivity index (χ2v) is 8.48. The first-order valence-electron chi connectivity index (χ1n) is 10.8. The molecule has 31 heavy (non-hydrogen) atoms. The second-order valence-electron chi connectivity index (χ2n) is 8.48. The third-order valence-corrected chi connectivity index (χ3v) is 6.36. The Kier molecular flexibility index (Phi) is 4.84. The summed E-state index contributed by atoms with van der Waals surface area (Å²) in [5, 5.41) is 18.4. The molecule has 3 aromatic rings. The summed E-state index contributed by atoms with van der Waals surface area (Å²) in [5.41, 5.74) is 0.747. The quantitative estimate of drug-likeness (QED) is 0.545. The van der Waals surface area contributed by atoms with E-state index in [0.29, 0.717) is 19.5 Å². The van der Waals surface area contributed by atoms with Gasteiger partial charge in [-0.25, -0.2) is 4.98 Å². The lowest BCUT2D eigenvalue weighted by molar-refractivity contribution is 0.0943. The Balaban J connectivity index is 1.66. The monoisotopic (exact) mass is 419 g/mol. The molecule has 1 amide bonds. The number of nitrogens with zero attached hydrogens (tertiary/aromatic N) is 4. The van der Waals surface area contributed by atoms with Gasteiger partial charge in [-0.05, 0) is 43.4 Å². The lowest BCUT2D eigenvalue weighted by Crippen LogP contribution is -2.38. The molecule has 8 nitrogen and oxygen atoms in total. The Morgan fingerprint density at radius 3 is 2.84 bits per heavy atom. The van der Waals surface area contributed by atoms with Crippen LogP contribution in [0.5, 0.6) is 5.75 Å². The average Bonchev–Trinajstić information content (AvgIpc) is 3.39. The molecule has 6 bridgehead atoms. The molecule has 0 unspecified atom stereocenters. The topological polar surface area (TPSA) is 102 Å². The van der Waals surface area contributed by atoms with E-state index in [1.807, 2.05) is 12.3 Å². The van der Waals surface area contributed by atoms with Gasteiger partial charge < -0.3 is 15.0 Å². The number of carbonyl (C=O) groups excluding carboxylic acids is 1. The van der Waals surface area contributed by atoms with E-state index < -0.39 is 17.1 Å². The molecular formula is C23H25N5O3. The molecule has 3 aliphatic rings. The molecule has 2 aliphatic heterocycles. The molecule has 0 radical (unpaired) electrons. The first-order valence-corrected chi connectivity index (χ1v) is 10.8. The van der Waals surface area contributed by atoms with Gasteiger partial charge in [0.2, 0.25) is 0 Å². The minimum Gasteiger partial charge on any atom is -0.503 e. The van der Waals surface area contributed by atoms with Crippen LogP contribution in [0, 0.1) is 0 Å². The number of amides is 1. The van der Waals surface area contributed by atoms with Crippen molar-refractivity contribution in [1.82, 2.24) is 24.6 Å². The van der Waals surface area contributed by atoms with Crippen molar-refractivity contribution in [3.8, 4) is 5.75 Å². The van der Waals surface area contributed by atoms with Crippen molar-refractivity contribution in [3.63, 3.8) is 0 Å². The van der Waals surface area contributed by atoms with Crippen LogP contribution in [0.25, 0.3) is 11.0 Å². The minimum atomic E-state index is -0.747. The standard InChI is InChI=1S/C23H25N5O3/c29-18-14-27-15-23(8-3-4-9-23)28-11-7-17-12-16(13-25-21(17)28)6-2-1-5-10-24-22(31)19(26-27)20(18)30/h1-2,7,11-14,29H,3-6,8-10,15H2,(H,24,31)/b2-1+. The van der Waals surface area contributed by atoms with Crippen molar-refractivity contribution < 1.29 is 9.90 Å². The van der Waals surface area contributed by atoms with Crippen molar-refractivity contribution in [2.45, 2.75) is 50.6 Å². The molecule has 0 aromatic carbocycles. The summed E-state index contributed by atoms with van der Waals surface area (Å²) < 4.78 is 3.75. The summed E-state index contributed by atoms with van der Waals surface area (Å²) in [7, 11) is 0. The van der Waals surface area contributed by atoms with Gasteiger partial charge in [-0.3, -0.25) is 14.3 Å². The summed E-state index contributed by atoms with van der Waals surface area (Å²) in [6, 6.07) is 4.27. The van der Waals surface area contributed by atoms with Crippen LogP contribution in [0.15, 0.2) is 47.7 Å². The first-order chi connectivity index (χ1) is 15.1. The van der Waals surface area contributed by atoms with E-state index in [1.165, 1.54) is 10.9 Å². The van der Waals surface area contributed by atoms with Gasteiger partial charge >= 0.3 is 0 Å². The number of aromatic nitrogens is 4. The maximum atomic E-state index is 12.6. The molecule has 1 fully saturated rings. The van der Waals surface area contributed by atoms with Crippen LogP contribution in [0.1, 0.15) is 48.2 Å². The van der Waals surface area contributed by atoms with Crippen molar-refractivity contribution in [1.29, 1.82) is 0 Å². The average molecular weight is 419 g/mol. The summed E-state index contributed by atoms with van der Waals surface area (Å²) in [6.07, 6.45) is 14.8. The molecule has 0 atom stereocenters. The van der Waals surface area contributed by atoms with Crippen molar-refractivity contribution >= 4 is 16.9 Å². The van der Waals surface area contributed by atoms with Gasteiger partial charge in [-0.2, -0.15) is 5.10 Å². The molecule has 3 aromatic heterocycles. The molecule has 6 rings (SSSR count). The fourth-order valence-corrected chi connectivity index (χ4v) is 4.82. The smallest absolute Gasteiger partial charge is 0.275 e. The van der Waals surface area contributed by atoms with Crippen LogP contribution in [-0.2, 0) is 18.5 Å². The number of carbonyl (C=O) groups is 1. The fraction of sp³-hybridized carbons (Fsp3) is 0.391. The molecular weight excluding hydrogens is 394 g/mol. The number of allylic oxidation sites excluding steroid dienone is 1. The number of aromatic hydroxyl groups is 1. The molecule has 2 N–H and O–H groups in total. The van der Waals surface area contributed by atoms with Crippen LogP contribution in [0.3, 0.4) is 0 Å². The Bertz CT molecular complexity index is 1230. The van der Waals surface area contributed by atoms with Crippen LogP contribution >= 0.6 is 0 Å². The number of nitrogens with one attached hydrogen (secondary N) is 1. The molecule has 5 heterocycles. The number of fused-ring (bicyclic) bond motifs is 6. The Morgan fingerprint density at radius 2 is 2.00 bits per heavy atom. The summed E-state index contributed by atoms with van der Waals surface area (Å²) >= 11 is 0. The van der Waals surface area contributed by atoms with Crippen molar-refractivity contribution in [2.75, 3.05) is 6.54 Å². The summed E-state index contributed by atoms with van der Waals surface area (Å²) in [6.45, 7) is 0.824. The molecule has 8 heteroatoms. The van der Waals surface area contributed by atoms with E-state index in [2.05, 4.69) is 39.4 Å². The maximum absolute atomic E-state index is 12.6.